The Morgan fingerprint density at radius 2 is 1.79 bits per heavy atom. The van der Waals surface area contributed by atoms with E-state index in [1.165, 1.54) is 18.2 Å². The van der Waals surface area contributed by atoms with Crippen molar-refractivity contribution in [2.24, 2.45) is 0 Å². The molecule has 0 N–H and O–H groups in total. The first-order valence-corrected chi connectivity index (χ1v) is 9.15. The highest BCUT2D eigenvalue weighted by Gasteiger charge is 2.16. The molecular formula is C22H22N4O3. The lowest BCUT2D eigenvalue weighted by Crippen LogP contribution is -2.24. The number of para-hydroxylation sites is 1. The van der Waals surface area contributed by atoms with Gasteiger partial charge in [-0.1, -0.05) is 18.2 Å². The van der Waals surface area contributed by atoms with Crippen LogP contribution in [0.15, 0.2) is 60.7 Å². The fourth-order valence-electron chi connectivity index (χ4n) is 3.04. The molecule has 1 aromatic heterocycles. The number of rotatable bonds is 6. The average Bonchev–Trinajstić information content (AvgIpc) is 3.01. The summed E-state index contributed by atoms with van der Waals surface area (Å²) in [5.41, 5.74) is 4.60. The maximum absolute atomic E-state index is 12.5. The Kier molecular flexibility index (Phi) is 5.87. The minimum Gasteiger partial charge on any atom is -0.338 e. The fourth-order valence-corrected chi connectivity index (χ4v) is 3.04. The molecule has 2 aromatic carbocycles. The second kappa shape index (κ2) is 8.52. The van der Waals surface area contributed by atoms with Crippen molar-refractivity contribution in [3.05, 3.63) is 93.3 Å². The van der Waals surface area contributed by atoms with Gasteiger partial charge in [-0.3, -0.25) is 14.9 Å². The Bertz CT molecular complexity index is 1050. The first-order valence-electron chi connectivity index (χ1n) is 9.15. The molecule has 29 heavy (non-hydrogen) atoms. The number of nitrogens with zero attached hydrogens (tertiary/aromatic N) is 4. The Balaban J connectivity index is 1.71. The van der Waals surface area contributed by atoms with Gasteiger partial charge in [0.2, 0.25) is 5.91 Å². The molecule has 7 nitrogen and oxygen atoms in total. The highest BCUT2D eigenvalue weighted by Crippen LogP contribution is 2.19. The summed E-state index contributed by atoms with van der Waals surface area (Å²) in [6, 6.07) is 15.9. The molecule has 0 spiro atoms. The number of carbonyl (C=O) groups excluding carboxylic acids is 1. The lowest BCUT2D eigenvalue weighted by atomic mass is 10.1. The minimum absolute atomic E-state index is 0.0203. The van der Waals surface area contributed by atoms with Crippen molar-refractivity contribution in [1.29, 1.82) is 0 Å². The van der Waals surface area contributed by atoms with Crippen molar-refractivity contribution >= 4 is 17.7 Å². The number of non-ortho nitro benzene ring substituents is 1. The molecule has 0 saturated heterocycles. The van der Waals surface area contributed by atoms with Crippen LogP contribution in [0.25, 0.3) is 11.8 Å². The second-order valence-corrected chi connectivity index (χ2v) is 6.77. The van der Waals surface area contributed by atoms with Crippen LogP contribution < -0.4 is 0 Å². The molecule has 0 saturated carbocycles. The Morgan fingerprint density at radius 3 is 2.41 bits per heavy atom. The van der Waals surface area contributed by atoms with Crippen molar-refractivity contribution in [3.63, 3.8) is 0 Å². The van der Waals surface area contributed by atoms with Crippen LogP contribution in [0, 0.1) is 24.0 Å². The van der Waals surface area contributed by atoms with E-state index in [1.54, 1.807) is 30.2 Å². The monoisotopic (exact) mass is 390 g/mol. The predicted molar refractivity (Wildman–Crippen MR) is 112 cm³/mol. The van der Waals surface area contributed by atoms with Gasteiger partial charge in [-0.05, 0) is 49.8 Å². The summed E-state index contributed by atoms with van der Waals surface area (Å²) < 4.78 is 1.88. The quantitative estimate of drug-likeness (QED) is 0.361. The van der Waals surface area contributed by atoms with Gasteiger partial charge in [0.05, 0.1) is 16.3 Å². The van der Waals surface area contributed by atoms with E-state index in [-0.39, 0.29) is 11.6 Å². The van der Waals surface area contributed by atoms with Crippen LogP contribution in [0.5, 0.6) is 0 Å². The summed E-state index contributed by atoms with van der Waals surface area (Å²) >= 11 is 0. The molecule has 3 aromatic rings. The Hall–Kier alpha value is -3.74. The van der Waals surface area contributed by atoms with Crippen molar-refractivity contribution in [1.82, 2.24) is 14.7 Å². The molecule has 0 radical (unpaired) electrons. The van der Waals surface area contributed by atoms with E-state index in [2.05, 4.69) is 5.10 Å². The molecule has 0 fully saturated rings. The molecule has 0 unspecified atom stereocenters. The van der Waals surface area contributed by atoms with Gasteiger partial charge in [-0.15, -0.1) is 0 Å². The SMILES string of the molecule is Cc1nn(-c2ccccc2)c(C)c1CN(C)C(=O)/C=C/c1ccc([N+](=O)[O-])cc1. The lowest BCUT2D eigenvalue weighted by Gasteiger charge is -2.15. The maximum Gasteiger partial charge on any atom is 0.269 e. The molecule has 148 valence electrons. The summed E-state index contributed by atoms with van der Waals surface area (Å²) in [6.07, 6.45) is 3.11. The number of nitro benzene ring substituents is 1. The summed E-state index contributed by atoms with van der Waals surface area (Å²) in [5.74, 6) is -0.158. The highest BCUT2D eigenvalue weighted by molar-refractivity contribution is 5.91. The van der Waals surface area contributed by atoms with Crippen molar-refractivity contribution < 1.29 is 9.72 Å². The van der Waals surface area contributed by atoms with Gasteiger partial charge in [0.15, 0.2) is 0 Å². The Labute approximate surface area is 169 Å². The van der Waals surface area contributed by atoms with Gasteiger partial charge in [-0.25, -0.2) is 4.68 Å². The number of likely N-dealkylation sites (N-methyl/N-ethyl adjacent to an activating group) is 1. The number of hydrogen-bond donors (Lipinski definition) is 0. The van der Waals surface area contributed by atoms with Crippen LogP contribution in [0.3, 0.4) is 0 Å². The van der Waals surface area contributed by atoms with Crippen molar-refractivity contribution in [3.8, 4) is 5.69 Å². The predicted octanol–water partition coefficient (Wildman–Crippen LogP) is 4.07. The van der Waals surface area contributed by atoms with Gasteiger partial charge in [0, 0.05) is 43.1 Å². The molecule has 0 aliphatic heterocycles. The van der Waals surface area contributed by atoms with Crippen LogP contribution in [-0.2, 0) is 11.3 Å². The highest BCUT2D eigenvalue weighted by atomic mass is 16.6. The molecule has 0 aliphatic carbocycles. The molecule has 0 atom stereocenters. The van der Waals surface area contributed by atoms with E-state index in [9.17, 15) is 14.9 Å². The number of benzene rings is 2. The van der Waals surface area contributed by atoms with E-state index in [1.807, 2.05) is 48.9 Å². The third kappa shape index (κ3) is 4.57. The van der Waals surface area contributed by atoms with Gasteiger partial charge in [0.1, 0.15) is 0 Å². The van der Waals surface area contributed by atoms with E-state index in [0.29, 0.717) is 6.54 Å². The third-order valence-corrected chi connectivity index (χ3v) is 4.74. The number of nitro groups is 1. The van der Waals surface area contributed by atoms with Gasteiger partial charge >= 0.3 is 0 Å². The van der Waals surface area contributed by atoms with E-state index >= 15 is 0 Å². The number of hydrogen-bond acceptors (Lipinski definition) is 4. The number of amides is 1. The van der Waals surface area contributed by atoms with Crippen LogP contribution in [0.2, 0.25) is 0 Å². The summed E-state index contributed by atoms with van der Waals surface area (Å²) in [7, 11) is 1.74. The van der Waals surface area contributed by atoms with Crippen LogP contribution in [0.1, 0.15) is 22.5 Å². The van der Waals surface area contributed by atoms with Crippen molar-refractivity contribution in [2.75, 3.05) is 7.05 Å². The number of aromatic nitrogens is 2. The van der Waals surface area contributed by atoms with Gasteiger partial charge in [0.25, 0.3) is 5.69 Å². The number of aryl methyl sites for hydroxylation is 1. The zero-order valence-corrected chi connectivity index (χ0v) is 16.6. The Morgan fingerprint density at radius 1 is 1.14 bits per heavy atom. The van der Waals surface area contributed by atoms with E-state index < -0.39 is 4.92 Å². The smallest absolute Gasteiger partial charge is 0.269 e. The molecule has 0 bridgehead atoms. The normalized spacial score (nSPS) is 11.0. The largest absolute Gasteiger partial charge is 0.338 e. The minimum atomic E-state index is -0.452. The fraction of sp³-hybridized carbons (Fsp3) is 0.182. The van der Waals surface area contributed by atoms with Gasteiger partial charge in [-0.2, -0.15) is 5.10 Å². The molecule has 3 rings (SSSR count). The van der Waals surface area contributed by atoms with Gasteiger partial charge < -0.3 is 4.90 Å². The standard InChI is InChI=1S/C22H22N4O3/c1-16-21(17(2)25(23-16)19-7-5-4-6-8-19)15-24(3)22(27)14-11-18-9-12-20(13-10-18)26(28)29/h4-14H,15H2,1-3H3/b14-11+. The average molecular weight is 390 g/mol. The number of carbonyl (C=O) groups is 1. The van der Waals surface area contributed by atoms with E-state index in [0.717, 1.165) is 28.2 Å². The maximum atomic E-state index is 12.5. The second-order valence-electron chi connectivity index (χ2n) is 6.77. The first-order chi connectivity index (χ1) is 13.9. The zero-order chi connectivity index (χ0) is 21.0. The summed E-state index contributed by atoms with van der Waals surface area (Å²) in [5, 5.41) is 15.3. The van der Waals surface area contributed by atoms with Crippen molar-refractivity contribution in [2.45, 2.75) is 20.4 Å². The molecule has 1 amide bonds. The zero-order valence-electron chi connectivity index (χ0n) is 16.6. The topological polar surface area (TPSA) is 81.3 Å². The molecule has 1 heterocycles. The molecule has 0 aliphatic rings. The lowest BCUT2D eigenvalue weighted by molar-refractivity contribution is -0.384. The summed E-state index contributed by atoms with van der Waals surface area (Å²) in [4.78, 5) is 24.4. The van der Waals surface area contributed by atoms with E-state index in [4.69, 9.17) is 0 Å². The summed E-state index contributed by atoms with van der Waals surface area (Å²) in [6.45, 7) is 4.37. The van der Waals surface area contributed by atoms with Crippen LogP contribution in [-0.4, -0.2) is 32.6 Å². The van der Waals surface area contributed by atoms with Crippen LogP contribution >= 0.6 is 0 Å². The third-order valence-electron chi connectivity index (χ3n) is 4.74. The van der Waals surface area contributed by atoms with Crippen LogP contribution in [0.4, 0.5) is 5.69 Å². The first kappa shape index (κ1) is 20.0. The molecular weight excluding hydrogens is 368 g/mol. The molecule has 7 heteroatoms.